The predicted molar refractivity (Wildman–Crippen MR) is 99.6 cm³/mol. The summed E-state index contributed by atoms with van der Waals surface area (Å²) in [5.74, 6) is 1.54. The molecule has 30 heavy (non-hydrogen) atoms. The third-order valence-corrected chi connectivity index (χ3v) is 7.22. The third kappa shape index (κ3) is 3.78. The molecule has 2 heterocycles. The van der Waals surface area contributed by atoms with E-state index in [0.29, 0.717) is 5.92 Å². The zero-order valence-corrected chi connectivity index (χ0v) is 17.1. The molecule has 0 aromatic carbocycles. The molecule has 2 aliphatic heterocycles. The molecular weight excluding hydrogens is 400 g/mol. The highest BCUT2D eigenvalue weighted by Crippen LogP contribution is 2.59. The van der Waals surface area contributed by atoms with Gasteiger partial charge in [-0.05, 0) is 30.3 Å². The number of rotatable bonds is 5. The molecule has 5 aliphatic rings. The molecule has 10 heteroatoms. The second-order valence-electron chi connectivity index (χ2n) is 9.36. The lowest BCUT2D eigenvalue weighted by atomic mass is 9.50. The first-order valence-corrected chi connectivity index (χ1v) is 10.4. The molecule has 10 nitrogen and oxygen atoms in total. The maximum atomic E-state index is 10.4. The van der Waals surface area contributed by atoms with Gasteiger partial charge in [-0.15, -0.1) is 0 Å². The molecule has 0 amide bonds. The zero-order valence-electron chi connectivity index (χ0n) is 17.1. The van der Waals surface area contributed by atoms with Gasteiger partial charge in [0, 0.05) is 5.92 Å². The van der Waals surface area contributed by atoms with Crippen LogP contribution in [0.4, 0.5) is 0 Å². The average molecular weight is 432 g/mol. The Morgan fingerprint density at radius 3 is 2.33 bits per heavy atom. The first-order chi connectivity index (χ1) is 14.1. The number of hydrogen-bond donors (Lipinski definition) is 6. The molecule has 0 aromatic rings. The lowest BCUT2D eigenvalue weighted by molar-refractivity contribution is -0.318. The number of fused-ring (bicyclic) bond motifs is 1. The summed E-state index contributed by atoms with van der Waals surface area (Å²) < 4.78 is 22.2. The van der Waals surface area contributed by atoms with Gasteiger partial charge >= 0.3 is 0 Å². The van der Waals surface area contributed by atoms with Crippen LogP contribution in [0.25, 0.3) is 0 Å². The number of ether oxygens (including phenoxy) is 4. The molecule has 2 saturated heterocycles. The molecule has 0 radical (unpaired) electrons. The van der Waals surface area contributed by atoms with Gasteiger partial charge < -0.3 is 49.6 Å². The third-order valence-electron chi connectivity index (χ3n) is 7.22. The van der Waals surface area contributed by atoms with Gasteiger partial charge in [0.25, 0.3) is 0 Å². The quantitative estimate of drug-likeness (QED) is 0.293. The van der Waals surface area contributed by atoms with Crippen LogP contribution in [-0.2, 0) is 18.9 Å². The molecule has 0 spiro atoms. The Labute approximate surface area is 174 Å². The first-order valence-electron chi connectivity index (χ1n) is 10.4. The molecule has 11 atom stereocenters. The highest BCUT2D eigenvalue weighted by Gasteiger charge is 2.54. The first kappa shape index (κ1) is 22.4. The van der Waals surface area contributed by atoms with E-state index in [9.17, 15) is 30.6 Å². The fourth-order valence-corrected chi connectivity index (χ4v) is 4.83. The minimum atomic E-state index is -1.52. The van der Waals surface area contributed by atoms with Crippen molar-refractivity contribution >= 4 is 0 Å². The Balaban J connectivity index is 1.38. The van der Waals surface area contributed by atoms with E-state index >= 15 is 0 Å². The zero-order chi connectivity index (χ0) is 21.8. The van der Waals surface area contributed by atoms with Gasteiger partial charge in [-0.3, -0.25) is 0 Å². The molecule has 6 N–H and O–H groups in total. The highest BCUT2D eigenvalue weighted by atomic mass is 16.7. The standard InChI is InChI=1S/C20H32O10/c1-20(2)8-3-4-11(9(20)5-8)29-19-17(26)15(24)14(23)12(30-19)7-28-18-16(25)13(22)10(21)6-27-18/h4,8-10,12-19,21-26H,3,5-7H2,1-2H3/t8?,9?,10-,12+,13-,14+,15-,16+,17+,18-,19+/m0/s1. The van der Waals surface area contributed by atoms with E-state index in [0.717, 1.165) is 18.6 Å². The smallest absolute Gasteiger partial charge is 0.228 e. The number of aliphatic hydroxyl groups is 6. The van der Waals surface area contributed by atoms with Crippen molar-refractivity contribution in [3.05, 3.63) is 11.8 Å². The van der Waals surface area contributed by atoms with Crippen LogP contribution in [0.5, 0.6) is 0 Å². The molecule has 0 aromatic heterocycles. The van der Waals surface area contributed by atoms with E-state index in [2.05, 4.69) is 13.8 Å². The minimum absolute atomic E-state index is 0.101. The monoisotopic (exact) mass is 432 g/mol. The molecule has 1 saturated carbocycles. The van der Waals surface area contributed by atoms with E-state index in [1.807, 2.05) is 6.08 Å². The molecule has 3 aliphatic carbocycles. The summed E-state index contributed by atoms with van der Waals surface area (Å²) in [5, 5.41) is 60.1. The van der Waals surface area contributed by atoms with Crippen LogP contribution in [0.3, 0.4) is 0 Å². The van der Waals surface area contributed by atoms with Crippen LogP contribution in [0, 0.1) is 17.3 Å². The lowest BCUT2D eigenvalue weighted by Crippen LogP contribution is -2.61. The van der Waals surface area contributed by atoms with E-state index < -0.39 is 55.3 Å². The van der Waals surface area contributed by atoms with Crippen LogP contribution in [0.1, 0.15) is 26.7 Å². The lowest BCUT2D eigenvalue weighted by Gasteiger charge is -2.56. The van der Waals surface area contributed by atoms with Crippen molar-refractivity contribution in [3.8, 4) is 0 Å². The Morgan fingerprint density at radius 2 is 1.67 bits per heavy atom. The maximum absolute atomic E-state index is 10.4. The van der Waals surface area contributed by atoms with E-state index in [1.54, 1.807) is 0 Å². The predicted octanol–water partition coefficient (Wildman–Crippen LogP) is -1.78. The van der Waals surface area contributed by atoms with Crippen molar-refractivity contribution in [2.24, 2.45) is 17.3 Å². The maximum Gasteiger partial charge on any atom is 0.228 e. The summed E-state index contributed by atoms with van der Waals surface area (Å²) in [5.41, 5.74) is 0.101. The Kier molecular flexibility index (Phi) is 6.17. The van der Waals surface area contributed by atoms with Gasteiger partial charge in [0.2, 0.25) is 6.29 Å². The van der Waals surface area contributed by atoms with Crippen molar-refractivity contribution in [3.63, 3.8) is 0 Å². The number of allylic oxidation sites excluding steroid dienone is 2. The van der Waals surface area contributed by atoms with E-state index in [1.165, 1.54) is 0 Å². The van der Waals surface area contributed by atoms with Crippen molar-refractivity contribution in [1.29, 1.82) is 0 Å². The normalized spacial score (nSPS) is 50.4. The Bertz CT molecular complexity index is 653. The van der Waals surface area contributed by atoms with Gasteiger partial charge in [-0.2, -0.15) is 0 Å². The molecule has 5 rings (SSSR count). The topological polar surface area (TPSA) is 158 Å². The van der Waals surface area contributed by atoms with Crippen molar-refractivity contribution in [2.75, 3.05) is 13.2 Å². The largest absolute Gasteiger partial charge is 0.466 e. The van der Waals surface area contributed by atoms with Crippen LogP contribution >= 0.6 is 0 Å². The van der Waals surface area contributed by atoms with Crippen LogP contribution in [-0.4, -0.2) is 99.2 Å². The van der Waals surface area contributed by atoms with Crippen molar-refractivity contribution < 1.29 is 49.6 Å². The average Bonchev–Trinajstić information content (AvgIpc) is 2.72. The molecular formula is C20H32O10. The van der Waals surface area contributed by atoms with Gasteiger partial charge in [-0.1, -0.05) is 13.8 Å². The van der Waals surface area contributed by atoms with Crippen molar-refractivity contribution in [1.82, 2.24) is 0 Å². The summed E-state index contributed by atoms with van der Waals surface area (Å²) >= 11 is 0. The fraction of sp³-hybridized carbons (Fsp3) is 0.900. The summed E-state index contributed by atoms with van der Waals surface area (Å²) in [4.78, 5) is 0. The summed E-state index contributed by atoms with van der Waals surface area (Å²) in [6.07, 6.45) is -8.21. The number of hydrogen-bond acceptors (Lipinski definition) is 10. The van der Waals surface area contributed by atoms with Crippen LogP contribution in [0.15, 0.2) is 11.8 Å². The Morgan fingerprint density at radius 1 is 0.967 bits per heavy atom. The summed E-state index contributed by atoms with van der Waals surface area (Å²) in [6.45, 7) is 3.83. The molecule has 2 unspecified atom stereocenters. The summed E-state index contributed by atoms with van der Waals surface area (Å²) in [7, 11) is 0. The van der Waals surface area contributed by atoms with Gasteiger partial charge in [0.1, 0.15) is 42.7 Å². The second-order valence-corrected chi connectivity index (χ2v) is 9.36. The molecule has 3 fully saturated rings. The summed E-state index contributed by atoms with van der Waals surface area (Å²) in [6, 6.07) is 0. The van der Waals surface area contributed by atoms with E-state index in [-0.39, 0.29) is 24.5 Å². The molecule has 2 bridgehead atoms. The fourth-order valence-electron chi connectivity index (χ4n) is 4.83. The van der Waals surface area contributed by atoms with Gasteiger partial charge in [0.05, 0.1) is 19.0 Å². The minimum Gasteiger partial charge on any atom is -0.466 e. The van der Waals surface area contributed by atoms with Crippen LogP contribution in [0.2, 0.25) is 0 Å². The SMILES string of the molecule is CC1(C)C2CC=C(O[C@@H]3O[C@H](CO[C@@H]4OC[C@H](O)[C@H](O)[C@H]4O)[C@@H](O)[C@H](O)[C@H]3O)C1C2. The number of aliphatic hydroxyl groups excluding tert-OH is 6. The Hall–Kier alpha value is -0.820. The molecule has 172 valence electrons. The van der Waals surface area contributed by atoms with Gasteiger partial charge in [0.15, 0.2) is 6.29 Å². The highest BCUT2D eigenvalue weighted by molar-refractivity contribution is 5.19. The van der Waals surface area contributed by atoms with E-state index in [4.69, 9.17) is 18.9 Å². The van der Waals surface area contributed by atoms with Gasteiger partial charge in [-0.25, -0.2) is 0 Å². The van der Waals surface area contributed by atoms with Crippen LogP contribution < -0.4 is 0 Å². The van der Waals surface area contributed by atoms with Crippen molar-refractivity contribution in [2.45, 2.75) is 82.0 Å². The second kappa shape index (κ2) is 8.27.